The van der Waals surface area contributed by atoms with Crippen LogP contribution >= 0.6 is 0 Å². The van der Waals surface area contributed by atoms with Gasteiger partial charge in [-0.15, -0.1) is 0 Å². The number of ketones is 1. The van der Waals surface area contributed by atoms with E-state index >= 15 is 0 Å². The molecule has 0 bridgehead atoms. The van der Waals surface area contributed by atoms with Crippen molar-refractivity contribution in [1.29, 1.82) is 0 Å². The van der Waals surface area contributed by atoms with Crippen LogP contribution in [-0.4, -0.2) is 11.7 Å². The minimum Gasteiger partial charge on any atom is -0.326 e. The topological polar surface area (TPSA) is 46.2 Å². The van der Waals surface area contributed by atoms with Gasteiger partial charge in [-0.1, -0.05) is 6.42 Å². The van der Waals surface area contributed by atoms with Gasteiger partial charge in [-0.25, -0.2) is 0 Å². The first kappa shape index (κ1) is 10.5. The van der Waals surface area contributed by atoms with Gasteiger partial charge in [-0.05, 0) is 43.0 Å². The summed E-state index contributed by atoms with van der Waals surface area (Å²) in [5.41, 5.74) is 2.77. The Labute approximate surface area is 100 Å². The normalized spacial score (nSPS) is 19.2. The van der Waals surface area contributed by atoms with E-state index in [1.807, 2.05) is 18.2 Å². The Balaban J connectivity index is 1.87. The smallest absolute Gasteiger partial charge is 0.224 e. The standard InChI is InChI=1S/C14H15NO2/c16-13-7-5-10-8-11(4-6-12(10)15-13)14(17)9-2-1-3-9/h4,6,8-9H,1-3,5,7H2,(H,15,16). The Hall–Kier alpha value is -1.64. The highest BCUT2D eigenvalue weighted by atomic mass is 16.1. The van der Waals surface area contributed by atoms with Crippen molar-refractivity contribution in [1.82, 2.24) is 0 Å². The number of aryl methyl sites for hydroxylation is 1. The first-order valence-corrected chi connectivity index (χ1v) is 6.21. The fourth-order valence-corrected chi connectivity index (χ4v) is 2.44. The molecule has 0 spiro atoms. The van der Waals surface area contributed by atoms with Crippen LogP contribution in [0.25, 0.3) is 0 Å². The van der Waals surface area contributed by atoms with E-state index in [1.54, 1.807) is 0 Å². The van der Waals surface area contributed by atoms with Crippen molar-refractivity contribution < 1.29 is 9.59 Å². The van der Waals surface area contributed by atoms with Crippen molar-refractivity contribution in [2.45, 2.75) is 32.1 Å². The molecule has 1 heterocycles. The summed E-state index contributed by atoms with van der Waals surface area (Å²) in [6, 6.07) is 5.65. The Morgan fingerprint density at radius 1 is 1.24 bits per heavy atom. The van der Waals surface area contributed by atoms with Crippen LogP contribution in [0.1, 0.15) is 41.6 Å². The molecule has 1 aromatic rings. The number of anilines is 1. The molecule has 1 amide bonds. The summed E-state index contributed by atoms with van der Waals surface area (Å²) in [5.74, 6) is 0.581. The Morgan fingerprint density at radius 3 is 2.76 bits per heavy atom. The van der Waals surface area contributed by atoms with Gasteiger partial charge >= 0.3 is 0 Å². The van der Waals surface area contributed by atoms with E-state index in [2.05, 4.69) is 5.32 Å². The number of fused-ring (bicyclic) bond motifs is 1. The summed E-state index contributed by atoms with van der Waals surface area (Å²) in [6.07, 6.45) is 4.51. The van der Waals surface area contributed by atoms with Crippen molar-refractivity contribution in [3.63, 3.8) is 0 Å². The average molecular weight is 229 g/mol. The van der Waals surface area contributed by atoms with Crippen LogP contribution < -0.4 is 5.32 Å². The maximum atomic E-state index is 12.1. The molecule has 3 rings (SSSR count). The molecule has 0 aromatic heterocycles. The molecule has 2 aliphatic rings. The maximum Gasteiger partial charge on any atom is 0.224 e. The fourth-order valence-electron chi connectivity index (χ4n) is 2.44. The average Bonchev–Trinajstić information content (AvgIpc) is 2.26. The van der Waals surface area contributed by atoms with Crippen molar-refractivity contribution in [2.75, 3.05) is 5.32 Å². The summed E-state index contributed by atoms with van der Waals surface area (Å²) < 4.78 is 0. The number of benzene rings is 1. The van der Waals surface area contributed by atoms with Crippen molar-refractivity contribution in [2.24, 2.45) is 5.92 Å². The fraction of sp³-hybridized carbons (Fsp3) is 0.429. The predicted octanol–water partition coefficient (Wildman–Crippen LogP) is 2.55. The lowest BCUT2D eigenvalue weighted by molar-refractivity contribution is -0.116. The molecule has 3 heteroatoms. The van der Waals surface area contributed by atoms with Gasteiger partial charge in [0.1, 0.15) is 0 Å². The summed E-state index contributed by atoms with van der Waals surface area (Å²) in [6.45, 7) is 0. The second-order valence-electron chi connectivity index (χ2n) is 4.91. The first-order valence-electron chi connectivity index (χ1n) is 6.21. The van der Waals surface area contributed by atoms with Gasteiger partial charge in [-0.3, -0.25) is 9.59 Å². The molecule has 1 aliphatic heterocycles. The van der Waals surface area contributed by atoms with Gasteiger partial charge in [0.25, 0.3) is 0 Å². The van der Waals surface area contributed by atoms with Crippen molar-refractivity contribution in [3.05, 3.63) is 29.3 Å². The molecule has 88 valence electrons. The second kappa shape index (κ2) is 3.99. The lowest BCUT2D eigenvalue weighted by Crippen LogP contribution is -2.23. The SMILES string of the molecule is O=C1CCc2cc(C(=O)C3CCC3)ccc2N1. The third-order valence-corrected chi connectivity index (χ3v) is 3.76. The van der Waals surface area contributed by atoms with Gasteiger partial charge in [0.15, 0.2) is 5.78 Å². The highest BCUT2D eigenvalue weighted by Gasteiger charge is 2.27. The van der Waals surface area contributed by atoms with E-state index in [0.717, 1.165) is 36.1 Å². The van der Waals surface area contributed by atoms with Crippen LogP contribution in [0, 0.1) is 5.92 Å². The molecule has 3 nitrogen and oxygen atoms in total. The zero-order valence-electron chi connectivity index (χ0n) is 9.66. The number of rotatable bonds is 2. The highest BCUT2D eigenvalue weighted by Crippen LogP contribution is 2.31. The van der Waals surface area contributed by atoms with Gasteiger partial charge in [-0.2, -0.15) is 0 Å². The van der Waals surface area contributed by atoms with Crippen molar-refractivity contribution >= 4 is 17.4 Å². The lowest BCUT2D eigenvalue weighted by atomic mass is 9.79. The number of amides is 1. The molecule has 17 heavy (non-hydrogen) atoms. The molecule has 1 aliphatic carbocycles. The van der Waals surface area contributed by atoms with E-state index in [9.17, 15) is 9.59 Å². The number of hydrogen-bond donors (Lipinski definition) is 1. The summed E-state index contributed by atoms with van der Waals surface area (Å²) in [5, 5.41) is 2.83. The molecule has 0 radical (unpaired) electrons. The van der Waals surface area contributed by atoms with Gasteiger partial charge in [0.05, 0.1) is 0 Å². The van der Waals surface area contributed by atoms with Crippen LogP contribution in [0.5, 0.6) is 0 Å². The molecule has 0 atom stereocenters. The zero-order chi connectivity index (χ0) is 11.8. The molecule has 1 aromatic carbocycles. The number of carbonyl (C=O) groups is 2. The Bertz CT molecular complexity index is 489. The summed E-state index contributed by atoms with van der Waals surface area (Å²) in [7, 11) is 0. The maximum absolute atomic E-state index is 12.1. The number of nitrogens with one attached hydrogen (secondary N) is 1. The molecule has 0 unspecified atom stereocenters. The van der Waals surface area contributed by atoms with E-state index < -0.39 is 0 Å². The second-order valence-corrected chi connectivity index (χ2v) is 4.91. The minimum absolute atomic E-state index is 0.0653. The predicted molar refractivity (Wildman–Crippen MR) is 65.1 cm³/mol. The van der Waals surface area contributed by atoms with E-state index in [1.165, 1.54) is 6.42 Å². The number of Topliss-reactive ketones (excluding diaryl/α,β-unsaturated/α-hetero) is 1. The van der Waals surface area contributed by atoms with Gasteiger partial charge in [0.2, 0.25) is 5.91 Å². The highest BCUT2D eigenvalue weighted by molar-refractivity contribution is 6.00. The van der Waals surface area contributed by atoms with Crippen LogP contribution in [0.3, 0.4) is 0 Å². The molecule has 0 saturated heterocycles. The third kappa shape index (κ3) is 1.86. The van der Waals surface area contributed by atoms with Gasteiger partial charge < -0.3 is 5.32 Å². The molecule has 1 N–H and O–H groups in total. The van der Waals surface area contributed by atoms with Crippen LogP contribution in [0.4, 0.5) is 5.69 Å². The van der Waals surface area contributed by atoms with Crippen LogP contribution in [0.15, 0.2) is 18.2 Å². The Morgan fingerprint density at radius 2 is 2.06 bits per heavy atom. The number of carbonyl (C=O) groups excluding carboxylic acids is 2. The van der Waals surface area contributed by atoms with Crippen LogP contribution in [-0.2, 0) is 11.2 Å². The van der Waals surface area contributed by atoms with E-state index in [-0.39, 0.29) is 17.6 Å². The molecule has 1 saturated carbocycles. The van der Waals surface area contributed by atoms with Gasteiger partial charge in [0, 0.05) is 23.6 Å². The molecule has 1 fully saturated rings. The quantitative estimate of drug-likeness (QED) is 0.792. The first-order chi connectivity index (χ1) is 8.24. The third-order valence-electron chi connectivity index (χ3n) is 3.76. The van der Waals surface area contributed by atoms with Crippen molar-refractivity contribution in [3.8, 4) is 0 Å². The molecular formula is C14H15NO2. The Kier molecular flexibility index (Phi) is 2.46. The lowest BCUT2D eigenvalue weighted by Gasteiger charge is -2.24. The number of hydrogen-bond acceptors (Lipinski definition) is 2. The van der Waals surface area contributed by atoms with E-state index in [4.69, 9.17) is 0 Å². The summed E-state index contributed by atoms with van der Waals surface area (Å²) in [4.78, 5) is 23.3. The monoisotopic (exact) mass is 229 g/mol. The zero-order valence-corrected chi connectivity index (χ0v) is 9.66. The molecular weight excluding hydrogens is 214 g/mol. The summed E-state index contributed by atoms with van der Waals surface area (Å²) >= 11 is 0. The minimum atomic E-state index is 0.0653. The van der Waals surface area contributed by atoms with E-state index in [0.29, 0.717) is 6.42 Å². The largest absolute Gasteiger partial charge is 0.326 e. The van der Waals surface area contributed by atoms with Crippen LogP contribution in [0.2, 0.25) is 0 Å².